The van der Waals surface area contributed by atoms with Crippen LogP contribution >= 0.6 is 0 Å². The predicted octanol–water partition coefficient (Wildman–Crippen LogP) is 2.05. The minimum Gasteiger partial charge on any atom is -0.481 e. The first-order valence-corrected chi connectivity index (χ1v) is 7.82. The molecule has 2 heterocycles. The van der Waals surface area contributed by atoms with E-state index in [9.17, 15) is 4.79 Å². The van der Waals surface area contributed by atoms with Crippen LogP contribution in [0.15, 0.2) is 48.7 Å². The minimum absolute atomic E-state index is 0.0464. The van der Waals surface area contributed by atoms with Gasteiger partial charge in [0.1, 0.15) is 0 Å². The number of carbonyl (C=O) groups is 1. The van der Waals surface area contributed by atoms with Crippen molar-refractivity contribution in [2.24, 2.45) is 0 Å². The van der Waals surface area contributed by atoms with Gasteiger partial charge in [-0.1, -0.05) is 30.3 Å². The Labute approximate surface area is 136 Å². The lowest BCUT2D eigenvalue weighted by molar-refractivity contribution is 0.0628. The average Bonchev–Trinajstić information content (AvgIpc) is 2.63. The van der Waals surface area contributed by atoms with Crippen LogP contribution in [0.4, 0.5) is 0 Å². The molecular formula is C18H21N3O2. The Kier molecular flexibility index (Phi) is 4.88. The Hall–Kier alpha value is -2.40. The topological polar surface area (TPSA) is 45.7 Å². The summed E-state index contributed by atoms with van der Waals surface area (Å²) in [4.78, 5) is 20.9. The Balaban J connectivity index is 1.57. The van der Waals surface area contributed by atoms with E-state index in [1.54, 1.807) is 25.4 Å². The summed E-state index contributed by atoms with van der Waals surface area (Å²) in [5.41, 5.74) is 1.94. The van der Waals surface area contributed by atoms with Crippen LogP contribution in [0.3, 0.4) is 0 Å². The molecule has 120 valence electrons. The van der Waals surface area contributed by atoms with E-state index in [-0.39, 0.29) is 5.91 Å². The number of pyridine rings is 1. The van der Waals surface area contributed by atoms with Crippen molar-refractivity contribution >= 4 is 5.91 Å². The van der Waals surface area contributed by atoms with Crippen LogP contribution in [-0.2, 0) is 6.54 Å². The molecule has 5 nitrogen and oxygen atoms in total. The van der Waals surface area contributed by atoms with E-state index in [2.05, 4.69) is 34.1 Å². The van der Waals surface area contributed by atoms with Crippen LogP contribution in [0, 0.1) is 0 Å². The lowest BCUT2D eigenvalue weighted by Gasteiger charge is -2.34. The number of benzene rings is 1. The number of nitrogens with zero attached hydrogens (tertiary/aromatic N) is 3. The van der Waals surface area contributed by atoms with Gasteiger partial charge in [-0.15, -0.1) is 0 Å². The minimum atomic E-state index is 0.0464. The third-order valence-corrected chi connectivity index (χ3v) is 4.10. The fourth-order valence-electron chi connectivity index (χ4n) is 2.79. The fourth-order valence-corrected chi connectivity index (χ4v) is 2.79. The third-order valence-electron chi connectivity index (χ3n) is 4.10. The molecule has 1 aliphatic rings. The number of hydrogen-bond acceptors (Lipinski definition) is 4. The number of amides is 1. The molecule has 0 atom stereocenters. The van der Waals surface area contributed by atoms with Crippen molar-refractivity contribution in [3.8, 4) is 5.88 Å². The maximum Gasteiger partial charge on any atom is 0.254 e. The van der Waals surface area contributed by atoms with Gasteiger partial charge < -0.3 is 9.64 Å². The Morgan fingerprint density at radius 3 is 2.57 bits per heavy atom. The molecule has 1 saturated heterocycles. The number of carbonyl (C=O) groups excluding carboxylic acids is 1. The molecule has 1 fully saturated rings. The van der Waals surface area contributed by atoms with Crippen LogP contribution in [0.2, 0.25) is 0 Å². The number of methoxy groups -OCH3 is 1. The van der Waals surface area contributed by atoms with Gasteiger partial charge >= 0.3 is 0 Å². The maximum absolute atomic E-state index is 12.6. The van der Waals surface area contributed by atoms with Crippen LogP contribution < -0.4 is 4.74 Å². The second kappa shape index (κ2) is 7.24. The quantitative estimate of drug-likeness (QED) is 0.867. The van der Waals surface area contributed by atoms with Crippen molar-refractivity contribution in [3.05, 3.63) is 59.8 Å². The summed E-state index contributed by atoms with van der Waals surface area (Å²) in [6.45, 7) is 4.21. The Bertz CT molecular complexity index is 652. The maximum atomic E-state index is 12.6. The summed E-state index contributed by atoms with van der Waals surface area (Å²) in [5.74, 6) is 0.517. The first kappa shape index (κ1) is 15.5. The SMILES string of the molecule is COc1cc(C(=O)N2CCN(Cc3ccccc3)CC2)ccn1. The molecule has 0 radical (unpaired) electrons. The monoisotopic (exact) mass is 311 g/mol. The second-order valence-electron chi connectivity index (χ2n) is 5.64. The van der Waals surface area contributed by atoms with Crippen LogP contribution in [0.5, 0.6) is 5.88 Å². The van der Waals surface area contributed by atoms with Crippen molar-refractivity contribution in [2.45, 2.75) is 6.54 Å². The van der Waals surface area contributed by atoms with Crippen molar-refractivity contribution in [1.82, 2.24) is 14.8 Å². The van der Waals surface area contributed by atoms with Crippen LogP contribution in [0.25, 0.3) is 0 Å². The molecule has 5 heteroatoms. The molecule has 0 aliphatic carbocycles. The molecule has 0 spiro atoms. The van der Waals surface area contributed by atoms with Gasteiger partial charge in [0.25, 0.3) is 5.91 Å². The molecular weight excluding hydrogens is 290 g/mol. The zero-order chi connectivity index (χ0) is 16.1. The number of hydrogen-bond donors (Lipinski definition) is 0. The summed E-state index contributed by atoms with van der Waals surface area (Å²) in [5, 5.41) is 0. The van der Waals surface area contributed by atoms with E-state index in [0.29, 0.717) is 11.4 Å². The Morgan fingerprint density at radius 2 is 1.87 bits per heavy atom. The van der Waals surface area contributed by atoms with Crippen LogP contribution in [0.1, 0.15) is 15.9 Å². The van der Waals surface area contributed by atoms with Crippen LogP contribution in [-0.4, -0.2) is 54.0 Å². The number of aromatic nitrogens is 1. The van der Waals surface area contributed by atoms with E-state index in [1.165, 1.54) is 5.56 Å². The highest BCUT2D eigenvalue weighted by molar-refractivity contribution is 5.94. The van der Waals surface area contributed by atoms with Gasteiger partial charge in [-0.2, -0.15) is 0 Å². The molecule has 1 aromatic heterocycles. The van der Waals surface area contributed by atoms with Gasteiger partial charge in [0.15, 0.2) is 0 Å². The van der Waals surface area contributed by atoms with Gasteiger partial charge in [0, 0.05) is 50.6 Å². The molecule has 0 N–H and O–H groups in total. The van der Waals surface area contributed by atoms with Gasteiger partial charge in [-0.25, -0.2) is 4.98 Å². The van der Waals surface area contributed by atoms with Crippen molar-refractivity contribution in [3.63, 3.8) is 0 Å². The average molecular weight is 311 g/mol. The van der Waals surface area contributed by atoms with Gasteiger partial charge in [0.2, 0.25) is 5.88 Å². The normalized spacial score (nSPS) is 15.4. The molecule has 2 aromatic rings. The molecule has 3 rings (SSSR count). The van der Waals surface area contributed by atoms with E-state index >= 15 is 0 Å². The summed E-state index contributed by atoms with van der Waals surface area (Å²) < 4.78 is 5.09. The molecule has 1 aliphatic heterocycles. The summed E-state index contributed by atoms with van der Waals surface area (Å²) in [7, 11) is 1.55. The number of rotatable bonds is 4. The van der Waals surface area contributed by atoms with E-state index in [0.717, 1.165) is 32.7 Å². The fraction of sp³-hybridized carbons (Fsp3) is 0.333. The van der Waals surface area contributed by atoms with E-state index < -0.39 is 0 Å². The van der Waals surface area contributed by atoms with Gasteiger partial charge in [-0.3, -0.25) is 9.69 Å². The van der Waals surface area contributed by atoms with Crippen molar-refractivity contribution in [2.75, 3.05) is 33.3 Å². The van der Waals surface area contributed by atoms with E-state index in [1.807, 2.05) is 11.0 Å². The smallest absolute Gasteiger partial charge is 0.254 e. The number of ether oxygens (including phenoxy) is 1. The molecule has 1 amide bonds. The lowest BCUT2D eigenvalue weighted by atomic mass is 10.2. The van der Waals surface area contributed by atoms with Crippen molar-refractivity contribution < 1.29 is 9.53 Å². The highest BCUT2D eigenvalue weighted by Gasteiger charge is 2.22. The number of piperazine rings is 1. The predicted molar refractivity (Wildman–Crippen MR) is 88.4 cm³/mol. The third kappa shape index (κ3) is 3.87. The highest BCUT2D eigenvalue weighted by Crippen LogP contribution is 2.14. The van der Waals surface area contributed by atoms with E-state index in [4.69, 9.17) is 4.74 Å². The zero-order valence-electron chi connectivity index (χ0n) is 13.3. The van der Waals surface area contributed by atoms with Gasteiger partial charge in [-0.05, 0) is 11.6 Å². The standard InChI is InChI=1S/C18H21N3O2/c1-23-17-13-16(7-8-19-17)18(22)21-11-9-20(10-12-21)14-15-5-3-2-4-6-15/h2-8,13H,9-12,14H2,1H3. The summed E-state index contributed by atoms with van der Waals surface area (Å²) >= 11 is 0. The highest BCUT2D eigenvalue weighted by atomic mass is 16.5. The molecule has 0 bridgehead atoms. The summed E-state index contributed by atoms with van der Waals surface area (Å²) in [6.07, 6.45) is 1.61. The molecule has 0 saturated carbocycles. The summed E-state index contributed by atoms with van der Waals surface area (Å²) in [6, 6.07) is 13.9. The first-order valence-electron chi connectivity index (χ1n) is 7.82. The molecule has 23 heavy (non-hydrogen) atoms. The van der Waals surface area contributed by atoms with Gasteiger partial charge in [0.05, 0.1) is 7.11 Å². The Morgan fingerprint density at radius 1 is 1.13 bits per heavy atom. The largest absolute Gasteiger partial charge is 0.481 e. The first-order chi connectivity index (χ1) is 11.3. The lowest BCUT2D eigenvalue weighted by Crippen LogP contribution is -2.48. The molecule has 0 unspecified atom stereocenters. The second-order valence-corrected chi connectivity index (χ2v) is 5.64. The van der Waals surface area contributed by atoms with Crippen molar-refractivity contribution in [1.29, 1.82) is 0 Å². The molecule has 1 aromatic carbocycles. The zero-order valence-corrected chi connectivity index (χ0v) is 13.3.